The van der Waals surface area contributed by atoms with Gasteiger partial charge in [0.1, 0.15) is 5.54 Å². The van der Waals surface area contributed by atoms with Crippen LogP contribution in [-0.4, -0.2) is 24.0 Å². The number of benzene rings is 1. The summed E-state index contributed by atoms with van der Waals surface area (Å²) in [6.45, 7) is 2.29. The molecule has 1 atom stereocenters. The summed E-state index contributed by atoms with van der Waals surface area (Å²) in [4.78, 5) is 12.0. The molecule has 0 bridgehead atoms. The van der Waals surface area contributed by atoms with E-state index in [4.69, 9.17) is 12.2 Å². The number of carbonyl (C=O) groups is 1. The molecule has 0 radical (unpaired) electrons. The summed E-state index contributed by atoms with van der Waals surface area (Å²) in [5, 5.41) is 2.83. The first-order valence-corrected chi connectivity index (χ1v) is 6.88. The summed E-state index contributed by atoms with van der Waals surface area (Å²) in [6, 6.07) is 9.35. The molecular weight excluding hydrogens is 244 g/mol. The van der Waals surface area contributed by atoms with E-state index in [2.05, 4.69) is 11.2 Å². The number of nitrogens with two attached hydrogens (primary N) is 1. The molecule has 1 aromatic rings. The van der Waals surface area contributed by atoms with Gasteiger partial charge >= 0.3 is 0 Å². The van der Waals surface area contributed by atoms with E-state index >= 15 is 0 Å². The Morgan fingerprint density at radius 3 is 2.78 bits per heavy atom. The first-order chi connectivity index (χ1) is 8.59. The largest absolute Gasteiger partial charge is 0.353 e. The fourth-order valence-corrected chi connectivity index (χ4v) is 1.98. The van der Waals surface area contributed by atoms with Crippen LogP contribution >= 0.6 is 11.8 Å². The smallest absolute Gasteiger partial charge is 0.244 e. The molecule has 0 spiro atoms. The topological polar surface area (TPSA) is 55.1 Å². The molecule has 0 heterocycles. The van der Waals surface area contributed by atoms with Gasteiger partial charge in [0.05, 0.1) is 5.75 Å². The summed E-state index contributed by atoms with van der Waals surface area (Å²) >= 11 is 1.61. The molecule has 3 nitrogen and oxygen atoms in total. The van der Waals surface area contributed by atoms with E-state index in [-0.39, 0.29) is 5.91 Å². The molecule has 1 aromatic carbocycles. The minimum Gasteiger partial charge on any atom is -0.353 e. The van der Waals surface area contributed by atoms with Gasteiger partial charge in [-0.3, -0.25) is 4.79 Å². The fourth-order valence-electron chi connectivity index (χ4n) is 1.47. The van der Waals surface area contributed by atoms with Crippen LogP contribution in [-0.2, 0) is 10.3 Å². The molecular formula is C14H18N2OS. The summed E-state index contributed by atoms with van der Waals surface area (Å²) in [7, 11) is 0. The van der Waals surface area contributed by atoms with Crippen LogP contribution in [0.15, 0.2) is 30.3 Å². The number of rotatable bonds is 6. The molecule has 0 aliphatic heterocycles. The van der Waals surface area contributed by atoms with Crippen LogP contribution in [0.5, 0.6) is 0 Å². The van der Waals surface area contributed by atoms with Gasteiger partial charge in [-0.25, -0.2) is 0 Å². The standard InChI is InChI=1S/C14H18N2OS/c1-3-10-18-11-9-16-13(17)14(2,15)12-7-5-4-6-8-12/h1,4-8H,9-11,15H2,2H3,(H,16,17). The van der Waals surface area contributed by atoms with Crippen molar-refractivity contribution in [1.29, 1.82) is 0 Å². The minimum absolute atomic E-state index is 0.171. The zero-order chi connectivity index (χ0) is 13.4. The second-order valence-electron chi connectivity index (χ2n) is 4.08. The lowest BCUT2D eigenvalue weighted by molar-refractivity contribution is -0.125. The van der Waals surface area contributed by atoms with Crippen molar-refractivity contribution in [3.8, 4) is 12.3 Å². The first-order valence-electron chi connectivity index (χ1n) is 5.73. The van der Waals surface area contributed by atoms with E-state index in [0.29, 0.717) is 12.3 Å². The molecule has 0 aromatic heterocycles. The molecule has 96 valence electrons. The normalized spacial score (nSPS) is 13.4. The highest BCUT2D eigenvalue weighted by atomic mass is 32.2. The van der Waals surface area contributed by atoms with Crippen LogP contribution in [0.1, 0.15) is 12.5 Å². The highest BCUT2D eigenvalue weighted by Crippen LogP contribution is 2.17. The van der Waals surface area contributed by atoms with Gasteiger partial charge in [0.2, 0.25) is 5.91 Å². The van der Waals surface area contributed by atoms with Gasteiger partial charge in [-0.1, -0.05) is 36.3 Å². The number of amides is 1. The molecule has 1 rings (SSSR count). The van der Waals surface area contributed by atoms with Gasteiger partial charge in [0.25, 0.3) is 0 Å². The van der Waals surface area contributed by atoms with Crippen molar-refractivity contribution in [3.05, 3.63) is 35.9 Å². The Morgan fingerprint density at radius 2 is 2.17 bits per heavy atom. The van der Waals surface area contributed by atoms with Crippen LogP contribution < -0.4 is 11.1 Å². The van der Waals surface area contributed by atoms with E-state index in [9.17, 15) is 4.79 Å². The van der Waals surface area contributed by atoms with Crippen molar-refractivity contribution in [2.45, 2.75) is 12.5 Å². The maximum Gasteiger partial charge on any atom is 0.244 e. The molecule has 1 amide bonds. The Bertz CT molecular complexity index is 423. The number of terminal acetylenes is 1. The van der Waals surface area contributed by atoms with E-state index < -0.39 is 5.54 Å². The third-order valence-corrected chi connectivity index (χ3v) is 3.43. The number of nitrogens with one attached hydrogen (secondary N) is 1. The van der Waals surface area contributed by atoms with Gasteiger partial charge < -0.3 is 11.1 Å². The number of hydrogen-bond acceptors (Lipinski definition) is 3. The molecule has 0 saturated carbocycles. The molecule has 0 saturated heterocycles. The molecule has 18 heavy (non-hydrogen) atoms. The zero-order valence-corrected chi connectivity index (χ0v) is 11.3. The maximum absolute atomic E-state index is 12.0. The third kappa shape index (κ3) is 4.10. The summed E-state index contributed by atoms with van der Waals surface area (Å²) < 4.78 is 0. The van der Waals surface area contributed by atoms with Gasteiger partial charge in [-0.05, 0) is 12.5 Å². The lowest BCUT2D eigenvalue weighted by atomic mass is 9.92. The van der Waals surface area contributed by atoms with Crippen LogP contribution in [0.4, 0.5) is 0 Å². The van der Waals surface area contributed by atoms with Gasteiger partial charge in [-0.2, -0.15) is 0 Å². The van der Waals surface area contributed by atoms with E-state index in [1.54, 1.807) is 18.7 Å². The molecule has 1 unspecified atom stereocenters. The Balaban J connectivity index is 2.48. The average Bonchev–Trinajstić information content (AvgIpc) is 2.39. The fraction of sp³-hybridized carbons (Fsp3) is 0.357. The lowest BCUT2D eigenvalue weighted by Gasteiger charge is -2.24. The zero-order valence-electron chi connectivity index (χ0n) is 10.5. The number of thioether (sulfide) groups is 1. The second-order valence-corrected chi connectivity index (χ2v) is 5.19. The lowest BCUT2D eigenvalue weighted by Crippen LogP contribution is -2.49. The SMILES string of the molecule is C#CCSCCNC(=O)C(C)(N)c1ccccc1. The second kappa shape index (κ2) is 7.10. The molecule has 3 N–H and O–H groups in total. The maximum atomic E-state index is 12.0. The van der Waals surface area contributed by atoms with Crippen molar-refractivity contribution in [3.63, 3.8) is 0 Å². The predicted octanol–water partition coefficient (Wildman–Crippen LogP) is 1.34. The number of carbonyl (C=O) groups excluding carboxylic acids is 1. The minimum atomic E-state index is -1.00. The van der Waals surface area contributed by atoms with Crippen LogP contribution in [0.2, 0.25) is 0 Å². The van der Waals surface area contributed by atoms with E-state index in [1.807, 2.05) is 30.3 Å². The summed E-state index contributed by atoms with van der Waals surface area (Å²) in [5.41, 5.74) is 5.87. The Hall–Kier alpha value is -1.44. The Labute approximate surface area is 113 Å². The van der Waals surface area contributed by atoms with E-state index in [1.165, 1.54) is 0 Å². The quantitative estimate of drug-likeness (QED) is 0.601. The van der Waals surface area contributed by atoms with Crippen molar-refractivity contribution in [1.82, 2.24) is 5.32 Å². The van der Waals surface area contributed by atoms with Crippen LogP contribution in [0, 0.1) is 12.3 Å². The highest BCUT2D eigenvalue weighted by Gasteiger charge is 2.29. The summed E-state index contributed by atoms with van der Waals surface area (Å²) in [6.07, 6.45) is 5.14. The van der Waals surface area contributed by atoms with Crippen molar-refractivity contribution >= 4 is 17.7 Å². The van der Waals surface area contributed by atoms with Crippen molar-refractivity contribution in [2.75, 3.05) is 18.1 Å². The molecule has 0 fully saturated rings. The van der Waals surface area contributed by atoms with E-state index in [0.717, 1.165) is 11.3 Å². The average molecular weight is 262 g/mol. The van der Waals surface area contributed by atoms with Crippen LogP contribution in [0.3, 0.4) is 0 Å². The number of hydrogen-bond donors (Lipinski definition) is 2. The summed E-state index contributed by atoms with van der Waals surface area (Å²) in [5.74, 6) is 3.82. The van der Waals surface area contributed by atoms with Crippen LogP contribution in [0.25, 0.3) is 0 Å². The highest BCUT2D eigenvalue weighted by molar-refractivity contribution is 7.99. The Morgan fingerprint density at radius 1 is 1.50 bits per heavy atom. The van der Waals surface area contributed by atoms with Gasteiger partial charge in [0, 0.05) is 12.3 Å². The first kappa shape index (κ1) is 14.6. The van der Waals surface area contributed by atoms with Crippen molar-refractivity contribution < 1.29 is 4.79 Å². The van der Waals surface area contributed by atoms with Gasteiger partial charge in [0.15, 0.2) is 0 Å². The Kier molecular flexibility index (Phi) is 5.76. The molecule has 0 aliphatic carbocycles. The molecule has 0 aliphatic rings. The third-order valence-electron chi connectivity index (χ3n) is 2.56. The molecule has 4 heteroatoms. The van der Waals surface area contributed by atoms with Gasteiger partial charge in [-0.15, -0.1) is 18.2 Å². The van der Waals surface area contributed by atoms with Crippen molar-refractivity contribution in [2.24, 2.45) is 5.73 Å². The monoisotopic (exact) mass is 262 g/mol. The predicted molar refractivity (Wildman–Crippen MR) is 77.1 cm³/mol.